The Kier molecular flexibility index (Phi) is 4.31. The number of allylic oxidation sites excluding steroid dienone is 1. The lowest BCUT2D eigenvalue weighted by Gasteiger charge is -2.28. The van der Waals surface area contributed by atoms with Crippen molar-refractivity contribution in [3.05, 3.63) is 79.3 Å². The maximum Gasteiger partial charge on any atom is 0.163 e. The van der Waals surface area contributed by atoms with E-state index < -0.39 is 0 Å². The fourth-order valence-electron chi connectivity index (χ4n) is 3.91. The Morgan fingerprint density at radius 3 is 2.56 bits per heavy atom. The van der Waals surface area contributed by atoms with Crippen molar-refractivity contribution < 1.29 is 4.79 Å². The quantitative estimate of drug-likeness (QED) is 0.508. The average molecular weight is 413 g/mol. The molecule has 2 aliphatic rings. The summed E-state index contributed by atoms with van der Waals surface area (Å²) in [6.45, 7) is 0. The Labute approximate surface area is 170 Å². The van der Waals surface area contributed by atoms with Gasteiger partial charge in [-0.2, -0.15) is 0 Å². The number of carbonyl (C=O) groups excluding carboxylic acids is 1. The minimum atomic E-state index is -0.176. The van der Waals surface area contributed by atoms with Crippen LogP contribution in [0.5, 0.6) is 0 Å². The van der Waals surface area contributed by atoms with Gasteiger partial charge >= 0.3 is 0 Å². The van der Waals surface area contributed by atoms with Gasteiger partial charge in [-0.3, -0.25) is 4.79 Å². The lowest BCUT2D eigenvalue weighted by atomic mass is 9.82. The number of fused-ring (bicyclic) bond motifs is 1. The predicted octanol–water partition coefficient (Wildman–Crippen LogP) is 6.44. The number of benzene rings is 1. The van der Waals surface area contributed by atoms with Gasteiger partial charge in [0.15, 0.2) is 5.78 Å². The standard InChI is InChI=1S/C21H17ClN2OS2/c22-19-8-7-18(27-19)21-20-15(23-13-4-1-2-5-14(13)24-21)10-12(11-16(20)25)17-6-3-9-26-17/h1-9,12,21,23-24H,10-11H2/t12-,21+/m1/s1. The molecule has 0 unspecified atom stereocenters. The van der Waals surface area contributed by atoms with E-state index >= 15 is 0 Å². The summed E-state index contributed by atoms with van der Waals surface area (Å²) in [6.07, 6.45) is 1.39. The molecule has 0 bridgehead atoms. The maximum absolute atomic E-state index is 13.3. The second kappa shape index (κ2) is 6.82. The van der Waals surface area contributed by atoms with Crippen LogP contribution in [-0.2, 0) is 4.79 Å². The van der Waals surface area contributed by atoms with Gasteiger partial charge in [-0.15, -0.1) is 22.7 Å². The number of Topliss-reactive ketones (excluding diaryl/α,β-unsaturated/α-hetero) is 1. The second-order valence-corrected chi connectivity index (χ2v) is 9.55. The van der Waals surface area contributed by atoms with E-state index in [1.807, 2.05) is 30.3 Å². The first-order chi connectivity index (χ1) is 13.2. The van der Waals surface area contributed by atoms with E-state index in [0.29, 0.717) is 6.42 Å². The Morgan fingerprint density at radius 2 is 1.81 bits per heavy atom. The van der Waals surface area contributed by atoms with Gasteiger partial charge in [0.1, 0.15) is 0 Å². The topological polar surface area (TPSA) is 41.1 Å². The first-order valence-electron chi connectivity index (χ1n) is 8.86. The zero-order valence-electron chi connectivity index (χ0n) is 14.4. The predicted molar refractivity (Wildman–Crippen MR) is 114 cm³/mol. The zero-order chi connectivity index (χ0) is 18.4. The smallest absolute Gasteiger partial charge is 0.163 e. The van der Waals surface area contributed by atoms with Crippen LogP contribution in [0.25, 0.3) is 0 Å². The number of hydrogen-bond acceptors (Lipinski definition) is 5. The highest BCUT2D eigenvalue weighted by molar-refractivity contribution is 7.16. The number of halogens is 1. The van der Waals surface area contributed by atoms with Crippen LogP contribution in [0, 0.1) is 0 Å². The van der Waals surface area contributed by atoms with E-state index in [9.17, 15) is 4.79 Å². The SMILES string of the molecule is O=C1C[C@H](c2cccs2)CC2=C1[C@H](c1ccc(Cl)s1)Nc1ccccc1N2. The third kappa shape index (κ3) is 3.10. The first-order valence-corrected chi connectivity index (χ1v) is 10.9. The van der Waals surface area contributed by atoms with E-state index in [2.05, 4.69) is 34.2 Å². The molecule has 0 amide bonds. The number of anilines is 2. The minimum absolute atomic E-state index is 0.176. The normalized spacial score (nSPS) is 21.7. The summed E-state index contributed by atoms with van der Waals surface area (Å²) in [5.41, 5.74) is 3.88. The van der Waals surface area contributed by atoms with Crippen LogP contribution in [0.15, 0.2) is 65.2 Å². The third-order valence-electron chi connectivity index (χ3n) is 5.13. The van der Waals surface area contributed by atoms with E-state index in [0.717, 1.165) is 38.3 Å². The van der Waals surface area contributed by atoms with Crippen LogP contribution < -0.4 is 10.6 Å². The van der Waals surface area contributed by atoms with Crippen LogP contribution in [-0.4, -0.2) is 5.78 Å². The molecule has 0 saturated carbocycles. The molecule has 1 aromatic carbocycles. The summed E-state index contributed by atoms with van der Waals surface area (Å²) in [6, 6.07) is 16.0. The van der Waals surface area contributed by atoms with Crippen LogP contribution in [0.4, 0.5) is 11.4 Å². The number of thiophene rings is 2. The minimum Gasteiger partial charge on any atom is -0.372 e. The lowest BCUT2D eigenvalue weighted by molar-refractivity contribution is -0.116. The summed E-state index contributed by atoms with van der Waals surface area (Å²) >= 11 is 9.45. The summed E-state index contributed by atoms with van der Waals surface area (Å²) < 4.78 is 0.735. The summed E-state index contributed by atoms with van der Waals surface area (Å²) in [7, 11) is 0. The molecule has 0 saturated heterocycles. The van der Waals surface area contributed by atoms with E-state index in [1.54, 1.807) is 11.3 Å². The number of carbonyl (C=O) groups is 1. The lowest BCUT2D eigenvalue weighted by Crippen LogP contribution is -2.26. The molecule has 3 heterocycles. The van der Waals surface area contributed by atoms with E-state index in [-0.39, 0.29) is 17.7 Å². The zero-order valence-corrected chi connectivity index (χ0v) is 16.8. The van der Waals surface area contributed by atoms with Crippen molar-refractivity contribution in [1.82, 2.24) is 0 Å². The Balaban J connectivity index is 1.62. The van der Waals surface area contributed by atoms with Gasteiger partial charge in [-0.25, -0.2) is 0 Å². The molecular formula is C21H17ClN2OS2. The molecule has 2 N–H and O–H groups in total. The summed E-state index contributed by atoms with van der Waals surface area (Å²) in [5, 5.41) is 9.23. The summed E-state index contributed by atoms with van der Waals surface area (Å²) in [4.78, 5) is 15.6. The molecule has 1 aliphatic carbocycles. The third-order valence-corrected chi connectivity index (χ3v) is 7.46. The number of nitrogens with one attached hydrogen (secondary N) is 2. The highest BCUT2D eigenvalue weighted by Crippen LogP contribution is 2.46. The van der Waals surface area contributed by atoms with Crippen molar-refractivity contribution in [1.29, 1.82) is 0 Å². The molecule has 3 nitrogen and oxygen atoms in total. The highest BCUT2D eigenvalue weighted by Gasteiger charge is 2.36. The van der Waals surface area contributed by atoms with Crippen molar-refractivity contribution in [2.24, 2.45) is 0 Å². The van der Waals surface area contributed by atoms with E-state index in [1.165, 1.54) is 16.2 Å². The van der Waals surface area contributed by atoms with Crippen molar-refractivity contribution in [3.8, 4) is 0 Å². The molecule has 0 spiro atoms. The molecule has 0 fully saturated rings. The van der Waals surface area contributed by atoms with Gasteiger partial charge in [0.25, 0.3) is 0 Å². The molecule has 27 heavy (non-hydrogen) atoms. The molecule has 6 heteroatoms. The first kappa shape index (κ1) is 17.0. The molecule has 2 aromatic heterocycles. The van der Waals surface area contributed by atoms with Gasteiger partial charge in [0.2, 0.25) is 0 Å². The fraction of sp³-hybridized carbons (Fsp3) is 0.190. The van der Waals surface area contributed by atoms with Crippen molar-refractivity contribution in [2.45, 2.75) is 24.8 Å². The van der Waals surface area contributed by atoms with Crippen LogP contribution in [0.2, 0.25) is 4.34 Å². The van der Waals surface area contributed by atoms with Crippen LogP contribution in [0.3, 0.4) is 0 Å². The van der Waals surface area contributed by atoms with Crippen molar-refractivity contribution in [2.75, 3.05) is 10.6 Å². The maximum atomic E-state index is 13.3. The van der Waals surface area contributed by atoms with Crippen molar-refractivity contribution in [3.63, 3.8) is 0 Å². The van der Waals surface area contributed by atoms with Crippen LogP contribution >= 0.6 is 34.3 Å². The van der Waals surface area contributed by atoms with Crippen molar-refractivity contribution >= 4 is 51.4 Å². The Morgan fingerprint density at radius 1 is 0.963 bits per heavy atom. The highest BCUT2D eigenvalue weighted by atomic mass is 35.5. The van der Waals surface area contributed by atoms with Crippen LogP contribution in [0.1, 0.15) is 34.6 Å². The number of para-hydroxylation sites is 2. The monoisotopic (exact) mass is 412 g/mol. The Hall–Kier alpha value is -2.08. The van der Waals surface area contributed by atoms with Gasteiger partial charge in [-0.1, -0.05) is 29.8 Å². The number of rotatable bonds is 2. The van der Waals surface area contributed by atoms with Gasteiger partial charge in [0, 0.05) is 33.4 Å². The molecule has 1 aliphatic heterocycles. The largest absolute Gasteiger partial charge is 0.372 e. The van der Waals surface area contributed by atoms with E-state index in [4.69, 9.17) is 11.6 Å². The fourth-order valence-corrected chi connectivity index (χ4v) is 5.87. The molecule has 5 rings (SSSR count). The second-order valence-electron chi connectivity index (χ2n) is 6.83. The molecule has 0 radical (unpaired) electrons. The van der Waals surface area contributed by atoms with Gasteiger partial charge < -0.3 is 10.6 Å². The molecule has 2 atom stereocenters. The molecular weight excluding hydrogens is 396 g/mol. The molecule has 136 valence electrons. The molecule has 3 aromatic rings. The van der Waals surface area contributed by atoms with Gasteiger partial charge in [0.05, 0.1) is 21.8 Å². The summed E-state index contributed by atoms with van der Waals surface area (Å²) in [5.74, 6) is 0.443. The number of hydrogen-bond donors (Lipinski definition) is 2. The van der Waals surface area contributed by atoms with Gasteiger partial charge in [-0.05, 0) is 42.1 Å². The average Bonchev–Trinajstić information content (AvgIpc) is 3.30. The Bertz CT molecular complexity index is 1040. The number of ketones is 1.